The fourth-order valence-electron chi connectivity index (χ4n) is 6.72. The number of carbonyl (C=O) groups excluding carboxylic acids is 1. The van der Waals surface area contributed by atoms with E-state index < -0.39 is 22.1 Å². The van der Waals surface area contributed by atoms with E-state index >= 15 is 0 Å². The minimum absolute atomic E-state index is 0. The van der Waals surface area contributed by atoms with Gasteiger partial charge in [0.15, 0.2) is 10.2 Å². The van der Waals surface area contributed by atoms with Crippen LogP contribution < -0.4 is 33.9 Å². The van der Waals surface area contributed by atoms with Gasteiger partial charge < -0.3 is 19.5 Å². The zero-order valence-electron chi connectivity index (χ0n) is 32.6. The number of hydrogen-bond donors (Lipinski definition) is 1. The second-order valence-corrected chi connectivity index (χ2v) is 16.2. The Hall–Kier alpha value is -2.84. The van der Waals surface area contributed by atoms with Crippen molar-refractivity contribution in [2.45, 2.75) is 111 Å². The Balaban J connectivity index is 0.000000439. The van der Waals surface area contributed by atoms with Gasteiger partial charge in [-0.05, 0) is 108 Å². The predicted octanol–water partition coefficient (Wildman–Crippen LogP) is 4.80. The van der Waals surface area contributed by atoms with Crippen molar-refractivity contribution in [3.63, 3.8) is 0 Å². The summed E-state index contributed by atoms with van der Waals surface area (Å²) >= 11 is 0. The standard InChI is InChI=1S/C24H36FN5O3S.C14H19FO2.Na/c1-16(2)21-10-18(25)11-22(17(3)4)23(21)12-24(31)27-34(32,33)30(20-13-26-29(6)15-20)19-8-7-9-28(5)14-19;1-8(2)11-5-10(15)6-12(9(3)4)13(11)7-14(16)17;/h10-11,13,15-17,19H,7-9,12,14H2,1-6H3,(H,27,31);5-6,8-9H,7H2,1-4H3,(H,16,17);/q;;+1/p-1. The van der Waals surface area contributed by atoms with Crippen LogP contribution in [0.3, 0.4) is 0 Å². The van der Waals surface area contributed by atoms with Crippen LogP contribution >= 0.6 is 0 Å². The molecule has 10 nitrogen and oxygen atoms in total. The number of amides is 1. The van der Waals surface area contributed by atoms with Crippen molar-refractivity contribution in [2.75, 3.05) is 24.4 Å². The zero-order valence-corrected chi connectivity index (χ0v) is 35.4. The Morgan fingerprint density at radius 2 is 1.31 bits per heavy atom. The second-order valence-electron chi connectivity index (χ2n) is 14.7. The fraction of sp³-hybridized carbons (Fsp3) is 0.553. The third kappa shape index (κ3) is 12.1. The molecule has 0 bridgehead atoms. The summed E-state index contributed by atoms with van der Waals surface area (Å²) in [7, 11) is -0.674. The number of piperidine rings is 1. The van der Waals surface area contributed by atoms with Crippen LogP contribution in [0.25, 0.3) is 4.72 Å². The first kappa shape index (κ1) is 45.3. The summed E-state index contributed by atoms with van der Waals surface area (Å²) in [5.41, 5.74) is 4.80. The fourth-order valence-corrected chi connectivity index (χ4v) is 8.04. The van der Waals surface area contributed by atoms with Crippen LogP contribution in [-0.2, 0) is 39.7 Å². The molecule has 3 aromatic rings. The number of aryl methyl sites for hydroxylation is 1. The SMILES string of the molecule is CC(C)c1cc(F)cc(C(C)C)c1CC(=O)O.CC(C)c1cc(F)cc(C(C)C)c1CC(=O)[N-]S(=O)(=O)N(c1cnn(C)c1)C1CCCN(C)C1.[Na+]. The molecule has 2 heterocycles. The first-order chi connectivity index (χ1) is 23.7. The number of carbonyl (C=O) groups is 2. The molecule has 1 saturated heterocycles. The van der Waals surface area contributed by atoms with Gasteiger partial charge in [0.05, 0.1) is 30.3 Å². The molecule has 0 radical (unpaired) electrons. The maximum absolute atomic E-state index is 14.2. The van der Waals surface area contributed by atoms with Gasteiger partial charge in [-0.15, -0.1) is 0 Å². The second kappa shape index (κ2) is 19.5. The summed E-state index contributed by atoms with van der Waals surface area (Å²) in [5.74, 6) is -2.11. The molecule has 14 heteroatoms. The monoisotopic (exact) mass is 753 g/mol. The molecule has 1 amide bonds. The van der Waals surface area contributed by atoms with Crippen LogP contribution in [0.1, 0.15) is 125 Å². The van der Waals surface area contributed by atoms with Crippen LogP contribution in [0.4, 0.5) is 14.5 Å². The molecule has 52 heavy (non-hydrogen) atoms. The number of likely N-dealkylation sites (N-methyl/N-ethyl adjacent to an activating group) is 1. The van der Waals surface area contributed by atoms with Crippen molar-refractivity contribution in [1.82, 2.24) is 14.7 Å². The molecule has 282 valence electrons. The van der Waals surface area contributed by atoms with Gasteiger partial charge in [0.25, 0.3) is 0 Å². The number of aliphatic carboxylic acids is 1. The van der Waals surface area contributed by atoms with E-state index in [0.29, 0.717) is 35.3 Å². The third-order valence-electron chi connectivity index (χ3n) is 9.05. The number of rotatable bonds is 12. The smallest absolute Gasteiger partial charge is 0.528 e. The summed E-state index contributed by atoms with van der Waals surface area (Å²) in [6, 6.07) is 5.40. The van der Waals surface area contributed by atoms with E-state index in [4.69, 9.17) is 5.11 Å². The third-order valence-corrected chi connectivity index (χ3v) is 10.5. The van der Waals surface area contributed by atoms with Crippen LogP contribution in [0.5, 0.6) is 0 Å². The first-order valence-corrected chi connectivity index (χ1v) is 18.9. The molecule has 0 spiro atoms. The van der Waals surface area contributed by atoms with Crippen molar-refractivity contribution in [2.24, 2.45) is 7.05 Å². The summed E-state index contributed by atoms with van der Waals surface area (Å²) in [5, 5.41) is 13.1. The van der Waals surface area contributed by atoms with Gasteiger partial charge in [-0.2, -0.15) is 5.10 Å². The van der Waals surface area contributed by atoms with Crippen LogP contribution in [0.2, 0.25) is 0 Å². The number of benzene rings is 2. The van der Waals surface area contributed by atoms with Crippen molar-refractivity contribution < 1.29 is 61.5 Å². The van der Waals surface area contributed by atoms with Gasteiger partial charge in [0.2, 0.25) is 0 Å². The Labute approximate surface area is 330 Å². The Morgan fingerprint density at radius 3 is 1.67 bits per heavy atom. The number of carboxylic acid groups (broad SMARTS) is 1. The van der Waals surface area contributed by atoms with Gasteiger partial charge >= 0.3 is 35.5 Å². The molecule has 1 fully saturated rings. The summed E-state index contributed by atoms with van der Waals surface area (Å²) < 4.78 is 61.2. The zero-order chi connectivity index (χ0) is 38.4. The maximum atomic E-state index is 14.2. The van der Waals surface area contributed by atoms with Crippen LogP contribution in [0.15, 0.2) is 36.7 Å². The first-order valence-electron chi connectivity index (χ1n) is 17.5. The van der Waals surface area contributed by atoms with Gasteiger partial charge in [-0.3, -0.25) is 13.8 Å². The molecule has 2 aromatic carbocycles. The molecule has 1 aromatic heterocycles. The molecule has 1 N–H and O–H groups in total. The van der Waals surface area contributed by atoms with E-state index in [0.717, 1.165) is 29.7 Å². The van der Waals surface area contributed by atoms with Crippen molar-refractivity contribution in [3.8, 4) is 0 Å². The largest absolute Gasteiger partial charge is 1.00 e. The summed E-state index contributed by atoms with van der Waals surface area (Å²) in [4.78, 5) is 26.0. The van der Waals surface area contributed by atoms with E-state index in [-0.39, 0.29) is 83.7 Å². The minimum atomic E-state index is -4.32. The van der Waals surface area contributed by atoms with Gasteiger partial charge in [0.1, 0.15) is 11.6 Å². The number of nitrogens with zero attached hydrogens (tertiary/aromatic N) is 5. The van der Waals surface area contributed by atoms with Crippen molar-refractivity contribution >= 4 is 27.8 Å². The summed E-state index contributed by atoms with van der Waals surface area (Å²) in [6.07, 6.45) is 4.34. The Morgan fingerprint density at radius 1 is 0.865 bits per heavy atom. The molecule has 0 aliphatic carbocycles. The predicted molar refractivity (Wildman–Crippen MR) is 198 cm³/mol. The number of likely N-dealkylation sites (tertiary alicyclic amines) is 1. The van der Waals surface area contributed by atoms with E-state index in [1.165, 1.54) is 39.4 Å². The molecule has 1 aliphatic rings. The molecule has 1 unspecified atom stereocenters. The molecule has 4 rings (SSSR count). The number of aromatic nitrogens is 2. The number of halogens is 2. The van der Waals surface area contributed by atoms with E-state index in [1.807, 2.05) is 62.4 Å². The quantitative estimate of drug-likeness (QED) is 0.264. The van der Waals surface area contributed by atoms with E-state index in [2.05, 4.69) is 14.7 Å². The van der Waals surface area contributed by atoms with Gasteiger partial charge in [0, 0.05) is 26.2 Å². The van der Waals surface area contributed by atoms with E-state index in [9.17, 15) is 26.8 Å². The summed E-state index contributed by atoms with van der Waals surface area (Å²) in [6.45, 7) is 16.9. The average Bonchev–Trinajstić information content (AvgIpc) is 3.42. The van der Waals surface area contributed by atoms with E-state index in [1.54, 1.807) is 13.2 Å². The maximum Gasteiger partial charge on any atom is 1.00 e. The minimum Gasteiger partial charge on any atom is -0.528 e. The Bertz CT molecular complexity index is 1740. The van der Waals surface area contributed by atoms with Gasteiger partial charge in [-0.25, -0.2) is 17.2 Å². The average molecular weight is 754 g/mol. The van der Waals surface area contributed by atoms with Crippen molar-refractivity contribution in [1.29, 1.82) is 0 Å². The molecule has 0 saturated carbocycles. The number of anilines is 1. The van der Waals surface area contributed by atoms with Crippen LogP contribution in [-0.4, -0.2) is 66.3 Å². The van der Waals surface area contributed by atoms with Gasteiger partial charge in [-0.1, -0.05) is 55.4 Å². The van der Waals surface area contributed by atoms with Crippen LogP contribution in [0, 0.1) is 11.6 Å². The normalized spacial score (nSPS) is 15.0. The molecule has 1 atom stereocenters. The molecular weight excluding hydrogens is 700 g/mol. The number of hydrogen-bond acceptors (Lipinski definition) is 6. The number of carboxylic acids is 1. The Kier molecular flexibility index (Phi) is 17.0. The molecule has 1 aliphatic heterocycles. The topological polar surface area (TPSA) is 127 Å². The van der Waals surface area contributed by atoms with Crippen molar-refractivity contribution in [3.05, 3.63) is 86.4 Å². The molecular formula is C38H54F2N5NaO5S.